The molecule has 1 unspecified atom stereocenters. The highest BCUT2D eigenvalue weighted by Gasteiger charge is 2.09. The van der Waals surface area contributed by atoms with Crippen molar-refractivity contribution in [3.05, 3.63) is 51.8 Å². The molecule has 3 nitrogen and oxygen atoms in total. The first-order valence-corrected chi connectivity index (χ1v) is 6.83. The first-order valence-electron chi connectivity index (χ1n) is 6.04. The number of hydrogen-bond acceptors (Lipinski definition) is 2. The first kappa shape index (κ1) is 13.3. The van der Waals surface area contributed by atoms with Gasteiger partial charge < -0.3 is 5.73 Å². The van der Waals surface area contributed by atoms with E-state index in [2.05, 4.69) is 51.4 Å². The van der Waals surface area contributed by atoms with E-state index in [9.17, 15) is 0 Å². The summed E-state index contributed by atoms with van der Waals surface area (Å²) in [6.07, 6.45) is 1.74. The predicted octanol–water partition coefficient (Wildman–Crippen LogP) is 2.60. The molecule has 2 rings (SSSR count). The lowest BCUT2D eigenvalue weighted by Crippen LogP contribution is -2.26. The van der Waals surface area contributed by atoms with Gasteiger partial charge in [0, 0.05) is 29.7 Å². The van der Waals surface area contributed by atoms with E-state index < -0.39 is 0 Å². The predicted molar refractivity (Wildman–Crippen MR) is 77.5 cm³/mol. The summed E-state index contributed by atoms with van der Waals surface area (Å²) in [4.78, 5) is 0. The van der Waals surface area contributed by atoms with Gasteiger partial charge in [-0.2, -0.15) is 5.10 Å². The van der Waals surface area contributed by atoms with E-state index in [1.54, 1.807) is 0 Å². The molecule has 2 aromatic rings. The molecule has 0 aliphatic rings. The van der Waals surface area contributed by atoms with Crippen molar-refractivity contribution in [1.29, 1.82) is 0 Å². The third kappa shape index (κ3) is 3.43. The highest BCUT2D eigenvalue weighted by atomic mass is 79.9. The fourth-order valence-corrected chi connectivity index (χ4v) is 2.38. The van der Waals surface area contributed by atoms with Crippen LogP contribution in [0.5, 0.6) is 0 Å². The average Bonchev–Trinajstić information content (AvgIpc) is 2.61. The molecule has 2 N–H and O–H groups in total. The normalized spacial score (nSPS) is 12.7. The van der Waals surface area contributed by atoms with Gasteiger partial charge in [-0.05, 0) is 37.1 Å². The highest BCUT2D eigenvalue weighted by Crippen LogP contribution is 2.13. The summed E-state index contributed by atoms with van der Waals surface area (Å²) < 4.78 is 3.01. The summed E-state index contributed by atoms with van der Waals surface area (Å²) in [7, 11) is 1.97. The van der Waals surface area contributed by atoms with Crippen LogP contribution in [0.2, 0.25) is 0 Å². The van der Waals surface area contributed by atoms with Crippen LogP contribution >= 0.6 is 15.9 Å². The fraction of sp³-hybridized carbons (Fsp3) is 0.357. The Bertz CT molecular complexity index is 516. The Morgan fingerprint density at radius 3 is 2.50 bits per heavy atom. The van der Waals surface area contributed by atoms with Gasteiger partial charge in [0.15, 0.2) is 0 Å². The Kier molecular flexibility index (Phi) is 4.19. The molecule has 0 spiro atoms. The van der Waals surface area contributed by atoms with E-state index in [-0.39, 0.29) is 6.04 Å². The Hall–Kier alpha value is -1.13. The number of rotatable bonds is 4. The number of aryl methyl sites for hydroxylation is 2. The van der Waals surface area contributed by atoms with Crippen LogP contribution < -0.4 is 5.73 Å². The number of aromatic nitrogens is 2. The van der Waals surface area contributed by atoms with Gasteiger partial charge in [-0.25, -0.2) is 0 Å². The van der Waals surface area contributed by atoms with Gasteiger partial charge in [-0.3, -0.25) is 4.68 Å². The lowest BCUT2D eigenvalue weighted by atomic mass is 10.0. The molecule has 0 fully saturated rings. The second kappa shape index (κ2) is 5.67. The summed E-state index contributed by atoms with van der Waals surface area (Å²) in [5, 5.41) is 4.34. The van der Waals surface area contributed by atoms with Crippen LogP contribution in [-0.2, 0) is 19.9 Å². The molecule has 18 heavy (non-hydrogen) atoms. The summed E-state index contributed by atoms with van der Waals surface area (Å²) >= 11 is 3.43. The van der Waals surface area contributed by atoms with Crippen LogP contribution in [0, 0.1) is 6.92 Å². The molecule has 0 aliphatic heterocycles. The van der Waals surface area contributed by atoms with Crippen molar-refractivity contribution in [3.8, 4) is 0 Å². The summed E-state index contributed by atoms with van der Waals surface area (Å²) in [5.41, 5.74) is 9.71. The van der Waals surface area contributed by atoms with Crippen molar-refractivity contribution in [3.63, 3.8) is 0 Å². The largest absolute Gasteiger partial charge is 0.327 e. The molecule has 96 valence electrons. The maximum atomic E-state index is 6.20. The second-order valence-corrected chi connectivity index (χ2v) is 5.61. The minimum absolute atomic E-state index is 0.126. The van der Waals surface area contributed by atoms with Crippen molar-refractivity contribution >= 4 is 15.9 Å². The quantitative estimate of drug-likeness (QED) is 0.943. The first-order chi connectivity index (χ1) is 8.54. The maximum absolute atomic E-state index is 6.20. The smallest absolute Gasteiger partial charge is 0.0596 e. The van der Waals surface area contributed by atoms with E-state index in [1.807, 2.05) is 18.7 Å². The molecular formula is C14H18BrN3. The molecule has 0 bridgehead atoms. The summed E-state index contributed by atoms with van der Waals surface area (Å²) in [5.74, 6) is 0. The van der Waals surface area contributed by atoms with Crippen LogP contribution in [0.1, 0.15) is 17.0 Å². The molecule has 0 radical (unpaired) electrons. The maximum Gasteiger partial charge on any atom is 0.0596 e. The van der Waals surface area contributed by atoms with E-state index in [1.165, 1.54) is 11.3 Å². The Balaban J connectivity index is 1.98. The highest BCUT2D eigenvalue weighted by molar-refractivity contribution is 9.10. The number of halogens is 1. The van der Waals surface area contributed by atoms with Crippen molar-refractivity contribution in [2.24, 2.45) is 12.8 Å². The van der Waals surface area contributed by atoms with Crippen molar-refractivity contribution < 1.29 is 0 Å². The van der Waals surface area contributed by atoms with Gasteiger partial charge in [-0.1, -0.05) is 28.1 Å². The van der Waals surface area contributed by atoms with Gasteiger partial charge in [0.25, 0.3) is 0 Å². The van der Waals surface area contributed by atoms with Crippen LogP contribution in [0.15, 0.2) is 34.8 Å². The Morgan fingerprint density at radius 2 is 1.94 bits per heavy atom. The zero-order valence-corrected chi connectivity index (χ0v) is 12.3. The molecule has 0 saturated carbocycles. The van der Waals surface area contributed by atoms with Crippen LogP contribution in [-0.4, -0.2) is 15.8 Å². The zero-order valence-electron chi connectivity index (χ0n) is 10.7. The summed E-state index contributed by atoms with van der Waals surface area (Å²) in [6.45, 7) is 2.00. The summed E-state index contributed by atoms with van der Waals surface area (Å²) in [6, 6.07) is 10.5. The van der Waals surface area contributed by atoms with Gasteiger partial charge in [0.1, 0.15) is 0 Å². The SMILES string of the molecule is Cc1cc(CC(N)Cc2ccc(Br)cc2)n(C)n1. The molecule has 0 saturated heterocycles. The second-order valence-electron chi connectivity index (χ2n) is 4.70. The third-order valence-corrected chi connectivity index (χ3v) is 3.51. The van der Waals surface area contributed by atoms with Crippen LogP contribution in [0.4, 0.5) is 0 Å². The number of nitrogens with two attached hydrogens (primary N) is 1. The molecule has 0 amide bonds. The van der Waals surface area contributed by atoms with Gasteiger partial charge >= 0.3 is 0 Å². The molecule has 0 aliphatic carbocycles. The van der Waals surface area contributed by atoms with Gasteiger partial charge in [0.05, 0.1) is 5.69 Å². The van der Waals surface area contributed by atoms with Crippen molar-refractivity contribution in [2.75, 3.05) is 0 Å². The van der Waals surface area contributed by atoms with Gasteiger partial charge in [0.2, 0.25) is 0 Å². The monoisotopic (exact) mass is 307 g/mol. The molecular weight excluding hydrogens is 290 g/mol. The molecule has 1 heterocycles. The van der Waals surface area contributed by atoms with E-state index >= 15 is 0 Å². The Labute approximate surface area is 116 Å². The van der Waals surface area contributed by atoms with E-state index in [4.69, 9.17) is 5.73 Å². The number of nitrogens with zero attached hydrogens (tertiary/aromatic N) is 2. The molecule has 1 atom stereocenters. The van der Waals surface area contributed by atoms with Crippen molar-refractivity contribution in [1.82, 2.24) is 9.78 Å². The fourth-order valence-electron chi connectivity index (χ4n) is 2.12. The van der Waals surface area contributed by atoms with Crippen LogP contribution in [0.25, 0.3) is 0 Å². The van der Waals surface area contributed by atoms with Crippen LogP contribution in [0.3, 0.4) is 0 Å². The molecule has 1 aromatic heterocycles. The standard InChI is InChI=1S/C14H18BrN3/c1-10-7-14(18(2)17-10)9-13(16)8-11-3-5-12(15)6-4-11/h3-7,13H,8-9,16H2,1-2H3. The minimum atomic E-state index is 0.126. The minimum Gasteiger partial charge on any atom is -0.327 e. The van der Waals surface area contributed by atoms with E-state index in [0.29, 0.717) is 0 Å². The van der Waals surface area contributed by atoms with Crippen molar-refractivity contribution in [2.45, 2.75) is 25.8 Å². The number of benzene rings is 1. The zero-order chi connectivity index (χ0) is 13.1. The third-order valence-electron chi connectivity index (χ3n) is 2.98. The molecule has 1 aromatic carbocycles. The number of hydrogen-bond donors (Lipinski definition) is 1. The topological polar surface area (TPSA) is 43.8 Å². The average molecular weight is 308 g/mol. The lowest BCUT2D eigenvalue weighted by Gasteiger charge is -2.11. The lowest BCUT2D eigenvalue weighted by molar-refractivity contribution is 0.612. The Morgan fingerprint density at radius 1 is 1.28 bits per heavy atom. The van der Waals surface area contributed by atoms with E-state index in [0.717, 1.165) is 23.0 Å². The van der Waals surface area contributed by atoms with Gasteiger partial charge in [-0.15, -0.1) is 0 Å². The molecule has 4 heteroatoms.